The van der Waals surface area contributed by atoms with Gasteiger partial charge in [0.05, 0.1) is 11.4 Å². The lowest BCUT2D eigenvalue weighted by atomic mass is 9.95. The van der Waals surface area contributed by atoms with Crippen molar-refractivity contribution in [3.63, 3.8) is 0 Å². The first-order chi connectivity index (χ1) is 16.5. The molecule has 8 heteroatoms. The highest BCUT2D eigenvalue weighted by Crippen LogP contribution is 2.37. The average molecular weight is 477 g/mol. The number of carbonyl (C=O) groups is 3. The summed E-state index contributed by atoms with van der Waals surface area (Å²) in [6, 6.07) is 12.6. The van der Waals surface area contributed by atoms with E-state index in [9.17, 15) is 19.2 Å². The summed E-state index contributed by atoms with van der Waals surface area (Å²) >= 11 is 0. The van der Waals surface area contributed by atoms with Crippen molar-refractivity contribution in [1.82, 2.24) is 0 Å². The molecule has 1 atom stereocenters. The maximum atomic E-state index is 13.3. The number of carbonyl (C=O) groups excluding carboxylic acids is 3. The van der Waals surface area contributed by atoms with Crippen LogP contribution in [0.3, 0.4) is 0 Å². The molecule has 35 heavy (non-hydrogen) atoms. The fourth-order valence-electron chi connectivity index (χ4n) is 4.35. The molecule has 1 N–H and O–H groups in total. The average Bonchev–Trinajstić information content (AvgIpc) is 2.79. The zero-order valence-corrected chi connectivity index (χ0v) is 20.4. The maximum absolute atomic E-state index is 13.3. The number of anilines is 2. The summed E-state index contributed by atoms with van der Waals surface area (Å²) in [5.74, 6) is -1.47. The van der Waals surface area contributed by atoms with Crippen molar-refractivity contribution < 1.29 is 23.5 Å². The van der Waals surface area contributed by atoms with Gasteiger partial charge in [-0.3, -0.25) is 19.3 Å². The van der Waals surface area contributed by atoms with E-state index in [4.69, 9.17) is 9.15 Å². The minimum absolute atomic E-state index is 0.0962. The molecule has 0 spiro atoms. The van der Waals surface area contributed by atoms with Gasteiger partial charge in [0.25, 0.3) is 5.91 Å². The highest BCUT2D eigenvalue weighted by atomic mass is 16.5. The second kappa shape index (κ2) is 9.02. The Labute approximate surface area is 202 Å². The minimum atomic E-state index is -1.17. The van der Waals surface area contributed by atoms with Gasteiger partial charge in [0.1, 0.15) is 11.1 Å². The summed E-state index contributed by atoms with van der Waals surface area (Å²) in [6.07, 6.45) is -1.10. The number of hydrogen-bond acceptors (Lipinski definition) is 6. The number of nitrogens with zero attached hydrogens (tertiary/aromatic N) is 1. The minimum Gasteiger partial charge on any atom is -0.453 e. The lowest BCUT2D eigenvalue weighted by Crippen LogP contribution is -2.60. The Morgan fingerprint density at radius 2 is 1.83 bits per heavy atom. The maximum Gasteiger partial charge on any atom is 0.339 e. The van der Waals surface area contributed by atoms with Gasteiger partial charge in [-0.15, -0.1) is 0 Å². The van der Waals surface area contributed by atoms with Crippen molar-refractivity contribution in [1.29, 1.82) is 0 Å². The third-order valence-electron chi connectivity index (χ3n) is 6.41. The van der Waals surface area contributed by atoms with Crippen LogP contribution in [0, 0.1) is 13.8 Å². The van der Waals surface area contributed by atoms with Gasteiger partial charge in [0, 0.05) is 17.4 Å². The smallest absolute Gasteiger partial charge is 0.339 e. The van der Waals surface area contributed by atoms with Gasteiger partial charge in [-0.25, -0.2) is 4.79 Å². The lowest BCUT2D eigenvalue weighted by molar-refractivity contribution is -0.154. The SMILES string of the molecule is Cc1ccc2c(C)c(CCC(=O)O[C@@H](C)C(=O)N3c4ccccc4NC(=O)C3(C)C)c(=O)oc2c1. The quantitative estimate of drug-likeness (QED) is 0.440. The summed E-state index contributed by atoms with van der Waals surface area (Å²) in [7, 11) is 0. The van der Waals surface area contributed by atoms with E-state index in [1.54, 1.807) is 44.2 Å². The van der Waals surface area contributed by atoms with E-state index in [0.29, 0.717) is 22.5 Å². The molecule has 0 fully saturated rings. The van der Waals surface area contributed by atoms with Crippen LogP contribution in [0.15, 0.2) is 51.7 Å². The molecule has 2 amide bonds. The standard InChI is InChI=1S/C27H28N2O6/c1-15-10-11-18-16(2)19(25(32)35-22(18)14-15)12-13-23(30)34-17(3)24(31)29-21-9-7-6-8-20(21)28-26(33)27(29,4)5/h6-11,14,17H,12-13H2,1-5H3,(H,28,33)/t17-/m0/s1. The molecule has 2 heterocycles. The van der Waals surface area contributed by atoms with E-state index in [1.807, 2.05) is 26.0 Å². The van der Waals surface area contributed by atoms with Crippen molar-refractivity contribution in [2.45, 2.75) is 59.1 Å². The lowest BCUT2D eigenvalue weighted by Gasteiger charge is -2.42. The van der Waals surface area contributed by atoms with Gasteiger partial charge in [-0.1, -0.05) is 24.3 Å². The third kappa shape index (κ3) is 4.43. The molecule has 1 aromatic heterocycles. The van der Waals surface area contributed by atoms with Crippen LogP contribution < -0.4 is 15.8 Å². The molecule has 0 aliphatic carbocycles. The summed E-state index contributed by atoms with van der Waals surface area (Å²) in [5.41, 5.74) is 2.02. The summed E-state index contributed by atoms with van der Waals surface area (Å²) in [4.78, 5) is 52.4. The molecular weight excluding hydrogens is 448 g/mol. The fraction of sp³-hybridized carbons (Fsp3) is 0.333. The van der Waals surface area contributed by atoms with E-state index in [1.165, 1.54) is 11.8 Å². The van der Waals surface area contributed by atoms with Crippen molar-refractivity contribution >= 4 is 40.1 Å². The van der Waals surface area contributed by atoms with Gasteiger partial charge < -0.3 is 14.5 Å². The molecule has 1 aliphatic heterocycles. The van der Waals surface area contributed by atoms with Crippen molar-refractivity contribution in [2.24, 2.45) is 0 Å². The summed E-state index contributed by atoms with van der Waals surface area (Å²) in [5, 5.41) is 3.61. The molecule has 8 nitrogen and oxygen atoms in total. The van der Waals surface area contributed by atoms with E-state index in [0.717, 1.165) is 16.5 Å². The number of para-hydroxylation sites is 2. The van der Waals surface area contributed by atoms with Crippen LogP contribution in [0.1, 0.15) is 43.9 Å². The molecule has 0 radical (unpaired) electrons. The normalized spacial score (nSPS) is 15.3. The van der Waals surface area contributed by atoms with E-state index in [-0.39, 0.29) is 18.7 Å². The topological polar surface area (TPSA) is 106 Å². The molecule has 0 saturated carbocycles. The first kappa shape index (κ1) is 24.2. The zero-order chi connectivity index (χ0) is 25.5. The molecule has 0 unspecified atom stereocenters. The molecule has 0 bridgehead atoms. The first-order valence-electron chi connectivity index (χ1n) is 11.5. The highest BCUT2D eigenvalue weighted by Gasteiger charge is 2.45. The van der Waals surface area contributed by atoms with Crippen LogP contribution >= 0.6 is 0 Å². The molecule has 0 saturated heterocycles. The number of amides is 2. The second-order valence-corrected chi connectivity index (χ2v) is 9.33. The predicted octanol–water partition coefficient (Wildman–Crippen LogP) is 4.04. The van der Waals surface area contributed by atoms with Gasteiger partial charge in [0.2, 0.25) is 5.91 Å². The largest absolute Gasteiger partial charge is 0.453 e. The molecular formula is C27H28N2O6. The Balaban J connectivity index is 1.48. The van der Waals surface area contributed by atoms with Crippen molar-refractivity contribution in [2.75, 3.05) is 10.2 Å². The fourth-order valence-corrected chi connectivity index (χ4v) is 4.35. The number of esters is 1. The predicted molar refractivity (Wildman–Crippen MR) is 132 cm³/mol. The van der Waals surface area contributed by atoms with Crippen LogP contribution in [0.5, 0.6) is 0 Å². The van der Waals surface area contributed by atoms with Crippen LogP contribution in [-0.4, -0.2) is 29.4 Å². The van der Waals surface area contributed by atoms with Gasteiger partial charge in [-0.05, 0) is 70.4 Å². The van der Waals surface area contributed by atoms with Crippen molar-refractivity contribution in [3.8, 4) is 0 Å². The summed E-state index contributed by atoms with van der Waals surface area (Å²) in [6.45, 7) is 8.48. The third-order valence-corrected chi connectivity index (χ3v) is 6.41. The highest BCUT2D eigenvalue weighted by molar-refractivity contribution is 6.15. The number of nitrogens with one attached hydrogen (secondary N) is 1. The number of rotatable bonds is 5. The molecule has 3 aromatic rings. The Morgan fingerprint density at radius 1 is 1.11 bits per heavy atom. The van der Waals surface area contributed by atoms with Crippen molar-refractivity contribution in [3.05, 3.63) is 69.6 Å². The summed E-state index contributed by atoms with van der Waals surface area (Å²) < 4.78 is 10.9. The van der Waals surface area contributed by atoms with Crippen LogP contribution in [-0.2, 0) is 25.5 Å². The number of hydrogen-bond donors (Lipinski definition) is 1. The van der Waals surface area contributed by atoms with Gasteiger partial charge in [0.15, 0.2) is 6.10 Å². The number of aryl methyl sites for hydroxylation is 2. The molecule has 1 aliphatic rings. The van der Waals surface area contributed by atoms with Crippen LogP contribution in [0.4, 0.5) is 11.4 Å². The molecule has 4 rings (SSSR count). The van der Waals surface area contributed by atoms with Gasteiger partial charge >= 0.3 is 11.6 Å². The van der Waals surface area contributed by atoms with Crippen LogP contribution in [0.2, 0.25) is 0 Å². The second-order valence-electron chi connectivity index (χ2n) is 9.33. The van der Waals surface area contributed by atoms with E-state index >= 15 is 0 Å². The molecule has 2 aromatic carbocycles. The molecule has 182 valence electrons. The zero-order valence-electron chi connectivity index (χ0n) is 20.4. The van der Waals surface area contributed by atoms with E-state index < -0.39 is 29.1 Å². The van der Waals surface area contributed by atoms with Gasteiger partial charge in [-0.2, -0.15) is 0 Å². The number of ether oxygens (including phenoxy) is 1. The van der Waals surface area contributed by atoms with Crippen LogP contribution in [0.25, 0.3) is 11.0 Å². The number of fused-ring (bicyclic) bond motifs is 2. The first-order valence-corrected chi connectivity index (χ1v) is 11.5. The monoisotopic (exact) mass is 476 g/mol. The Bertz CT molecular complexity index is 1400. The Kier molecular flexibility index (Phi) is 6.23. The number of benzene rings is 2. The Morgan fingerprint density at radius 3 is 2.57 bits per heavy atom. The van der Waals surface area contributed by atoms with E-state index in [2.05, 4.69) is 5.32 Å². The Hall–Kier alpha value is -3.94.